The number of ketones is 1. The van der Waals surface area contributed by atoms with Gasteiger partial charge < -0.3 is 15.0 Å². The molecule has 7 nitrogen and oxygen atoms in total. The van der Waals surface area contributed by atoms with Crippen molar-refractivity contribution in [1.82, 2.24) is 15.1 Å². The van der Waals surface area contributed by atoms with Gasteiger partial charge in [-0.25, -0.2) is 4.79 Å². The van der Waals surface area contributed by atoms with Crippen molar-refractivity contribution in [2.75, 3.05) is 33.2 Å². The van der Waals surface area contributed by atoms with Crippen molar-refractivity contribution in [1.29, 1.82) is 0 Å². The number of likely N-dealkylation sites (N-methyl/N-ethyl adjacent to an activating group) is 1. The highest BCUT2D eigenvalue weighted by Gasteiger charge is 2.57. The molecule has 1 aromatic rings. The van der Waals surface area contributed by atoms with E-state index in [2.05, 4.69) is 12.2 Å². The first-order valence-corrected chi connectivity index (χ1v) is 14.8. The maximum Gasteiger partial charge on any atom is 0.410 e. The number of hydrogen-bond acceptors (Lipinski definition) is 5. The SMILES string of the molecule is CC1CCC(OC(=O)N(C)[C@@]2(C(=O)C3CCN(C(=O)C4(C)CC4)CC3)CNC[C@@H]2c2ccc(Cl)cc2)CC1. The Bertz CT molecular complexity index is 1040. The molecule has 1 N–H and O–H groups in total. The molecule has 0 radical (unpaired) electrons. The minimum atomic E-state index is -1.06. The number of nitrogens with one attached hydrogen (secondary N) is 1. The van der Waals surface area contributed by atoms with Gasteiger partial charge in [-0.2, -0.15) is 0 Å². The third kappa shape index (κ3) is 5.21. The molecule has 208 valence electrons. The fourth-order valence-corrected chi connectivity index (χ4v) is 6.90. The van der Waals surface area contributed by atoms with Crippen molar-refractivity contribution in [2.45, 2.75) is 82.8 Å². The molecule has 2 heterocycles. The van der Waals surface area contributed by atoms with Crippen molar-refractivity contribution in [2.24, 2.45) is 17.3 Å². The summed E-state index contributed by atoms with van der Waals surface area (Å²) in [4.78, 5) is 44.6. The van der Waals surface area contributed by atoms with E-state index in [-0.39, 0.29) is 35.0 Å². The van der Waals surface area contributed by atoms with Gasteiger partial charge in [-0.05, 0) is 75.0 Å². The minimum absolute atomic E-state index is 0.0731. The quantitative estimate of drug-likeness (QED) is 0.545. The summed E-state index contributed by atoms with van der Waals surface area (Å²) in [6.45, 7) is 6.42. The Balaban J connectivity index is 1.38. The van der Waals surface area contributed by atoms with Crippen LogP contribution in [0, 0.1) is 17.3 Å². The summed E-state index contributed by atoms with van der Waals surface area (Å²) in [5, 5.41) is 4.07. The van der Waals surface area contributed by atoms with Crippen molar-refractivity contribution in [3.63, 3.8) is 0 Å². The molecule has 2 saturated heterocycles. The van der Waals surface area contributed by atoms with Gasteiger partial charge in [0.05, 0.1) is 0 Å². The van der Waals surface area contributed by atoms with Crippen LogP contribution in [-0.2, 0) is 14.3 Å². The summed E-state index contributed by atoms with van der Waals surface area (Å²) in [5.41, 5.74) is -0.284. The fraction of sp³-hybridized carbons (Fsp3) is 0.700. The molecule has 2 aliphatic heterocycles. The number of ether oxygens (including phenoxy) is 1. The number of hydrogen-bond donors (Lipinski definition) is 1. The topological polar surface area (TPSA) is 79.0 Å². The van der Waals surface area contributed by atoms with Crippen LogP contribution in [-0.4, -0.2) is 72.5 Å². The van der Waals surface area contributed by atoms with Crippen molar-refractivity contribution < 1.29 is 19.1 Å². The van der Waals surface area contributed by atoms with Crippen LogP contribution in [0.25, 0.3) is 0 Å². The Labute approximate surface area is 231 Å². The minimum Gasteiger partial charge on any atom is -0.446 e. The van der Waals surface area contributed by atoms with E-state index in [0.29, 0.717) is 50.0 Å². The number of amides is 2. The number of rotatable bonds is 6. The van der Waals surface area contributed by atoms with Crippen LogP contribution < -0.4 is 5.32 Å². The van der Waals surface area contributed by atoms with Crippen molar-refractivity contribution >= 4 is 29.4 Å². The second-order valence-electron chi connectivity index (χ2n) is 12.5. The van der Waals surface area contributed by atoms with Gasteiger partial charge in [0.15, 0.2) is 5.78 Å². The van der Waals surface area contributed by atoms with Gasteiger partial charge in [0.25, 0.3) is 0 Å². The lowest BCUT2D eigenvalue weighted by atomic mass is 9.72. The Kier molecular flexibility index (Phi) is 7.80. The van der Waals surface area contributed by atoms with Crippen LogP contribution in [0.3, 0.4) is 0 Å². The lowest BCUT2D eigenvalue weighted by Crippen LogP contribution is -2.62. The molecule has 2 atom stereocenters. The Morgan fingerprint density at radius 2 is 1.66 bits per heavy atom. The van der Waals surface area contributed by atoms with Gasteiger partial charge in [0, 0.05) is 55.5 Å². The predicted molar refractivity (Wildman–Crippen MR) is 147 cm³/mol. The van der Waals surface area contributed by atoms with Crippen LogP contribution >= 0.6 is 11.6 Å². The molecule has 2 saturated carbocycles. The molecule has 2 amide bonds. The van der Waals surface area contributed by atoms with Gasteiger partial charge in [0.1, 0.15) is 11.6 Å². The number of carbonyl (C=O) groups is 3. The monoisotopic (exact) mass is 543 g/mol. The Hall–Kier alpha value is -2.12. The van der Waals surface area contributed by atoms with E-state index in [1.165, 1.54) is 0 Å². The highest BCUT2D eigenvalue weighted by Crippen LogP contribution is 2.47. The number of likely N-dealkylation sites (tertiary alicyclic amines) is 1. The molecule has 38 heavy (non-hydrogen) atoms. The summed E-state index contributed by atoms with van der Waals surface area (Å²) in [6, 6.07) is 7.60. The van der Waals surface area contributed by atoms with Gasteiger partial charge in [0.2, 0.25) is 5.91 Å². The first-order chi connectivity index (χ1) is 18.1. The molecular formula is C30H42ClN3O4. The third-order valence-corrected chi connectivity index (χ3v) is 10.0. The van der Waals surface area contributed by atoms with E-state index in [1.807, 2.05) is 36.1 Å². The zero-order chi connectivity index (χ0) is 27.1. The maximum atomic E-state index is 14.5. The summed E-state index contributed by atoms with van der Waals surface area (Å²) in [7, 11) is 1.73. The number of halogens is 1. The zero-order valence-electron chi connectivity index (χ0n) is 23.0. The molecule has 4 aliphatic rings. The van der Waals surface area contributed by atoms with Gasteiger partial charge in [-0.3, -0.25) is 14.5 Å². The summed E-state index contributed by atoms with van der Waals surface area (Å²) >= 11 is 6.18. The molecule has 4 fully saturated rings. The lowest BCUT2D eigenvalue weighted by molar-refractivity contribution is -0.142. The molecule has 1 aromatic carbocycles. The van der Waals surface area contributed by atoms with E-state index in [9.17, 15) is 14.4 Å². The molecule has 0 unspecified atom stereocenters. The van der Waals surface area contributed by atoms with E-state index in [0.717, 1.165) is 44.1 Å². The third-order valence-electron chi connectivity index (χ3n) is 9.79. The maximum absolute atomic E-state index is 14.5. The molecule has 0 spiro atoms. The standard InChI is InChI=1S/C30H42ClN3O4/c1-20-4-10-24(11-5-20)38-28(37)33(3)30(19-32-18-25(30)21-6-8-23(31)9-7-21)26(35)22-12-16-34(17-13-22)27(36)29(2)14-15-29/h6-9,20,22,24-25,32H,4-5,10-19H2,1-3H3/t20?,24?,25-,30+/m1/s1. The largest absolute Gasteiger partial charge is 0.446 e. The van der Waals surface area contributed by atoms with E-state index >= 15 is 0 Å². The van der Waals surface area contributed by atoms with E-state index in [1.54, 1.807) is 11.9 Å². The normalized spacial score (nSPS) is 31.1. The molecule has 0 aromatic heterocycles. The van der Waals surface area contributed by atoms with Crippen LogP contribution in [0.4, 0.5) is 4.79 Å². The predicted octanol–water partition coefficient (Wildman–Crippen LogP) is 5.02. The fourth-order valence-electron chi connectivity index (χ4n) is 6.78. The smallest absolute Gasteiger partial charge is 0.410 e. The Morgan fingerprint density at radius 1 is 1.03 bits per heavy atom. The van der Waals surface area contributed by atoms with E-state index in [4.69, 9.17) is 16.3 Å². The van der Waals surface area contributed by atoms with Crippen molar-refractivity contribution in [3.8, 4) is 0 Å². The number of piperidine rings is 1. The van der Waals surface area contributed by atoms with Gasteiger partial charge in [-0.1, -0.05) is 37.6 Å². The van der Waals surface area contributed by atoms with Gasteiger partial charge >= 0.3 is 6.09 Å². The van der Waals surface area contributed by atoms with Crippen LogP contribution in [0.5, 0.6) is 0 Å². The number of Topliss-reactive ketones (excluding diaryl/α,β-unsaturated/α-hetero) is 1. The summed E-state index contributed by atoms with van der Waals surface area (Å²) in [5.74, 6) is 0.517. The second-order valence-corrected chi connectivity index (χ2v) is 12.9. The number of nitrogens with zero attached hydrogens (tertiary/aromatic N) is 2. The lowest BCUT2D eigenvalue weighted by Gasteiger charge is -2.44. The molecule has 2 aliphatic carbocycles. The number of carbonyl (C=O) groups excluding carboxylic acids is 3. The van der Waals surface area contributed by atoms with Crippen LogP contribution in [0.2, 0.25) is 5.02 Å². The first-order valence-electron chi connectivity index (χ1n) is 14.4. The molecule has 8 heteroatoms. The molecule has 5 rings (SSSR count). The van der Waals surface area contributed by atoms with Crippen LogP contribution in [0.15, 0.2) is 24.3 Å². The van der Waals surface area contributed by atoms with E-state index < -0.39 is 11.6 Å². The van der Waals surface area contributed by atoms with Crippen molar-refractivity contribution in [3.05, 3.63) is 34.9 Å². The second kappa shape index (κ2) is 10.8. The first kappa shape index (κ1) is 27.4. The summed E-state index contributed by atoms with van der Waals surface area (Å²) in [6.07, 6.45) is 6.47. The Morgan fingerprint density at radius 3 is 2.26 bits per heavy atom. The average molecular weight is 544 g/mol. The highest BCUT2D eigenvalue weighted by atomic mass is 35.5. The molecular weight excluding hydrogens is 502 g/mol. The average Bonchev–Trinajstić information content (AvgIpc) is 3.52. The summed E-state index contributed by atoms with van der Waals surface area (Å²) < 4.78 is 6.01. The van der Waals surface area contributed by atoms with Gasteiger partial charge in [-0.15, -0.1) is 0 Å². The zero-order valence-corrected chi connectivity index (χ0v) is 23.8. The number of benzene rings is 1. The highest BCUT2D eigenvalue weighted by molar-refractivity contribution is 6.30. The van der Waals surface area contributed by atoms with Crippen LogP contribution in [0.1, 0.15) is 76.7 Å². The molecule has 0 bridgehead atoms.